The van der Waals surface area contributed by atoms with Crippen molar-refractivity contribution >= 4 is 34.9 Å². The molecule has 3 atom stereocenters. The summed E-state index contributed by atoms with van der Waals surface area (Å²) in [5.41, 5.74) is 9.79. The summed E-state index contributed by atoms with van der Waals surface area (Å²) >= 11 is 5.90. The fourth-order valence-corrected chi connectivity index (χ4v) is 3.37. The van der Waals surface area contributed by atoms with Crippen LogP contribution in [-0.2, 0) is 19.0 Å². The van der Waals surface area contributed by atoms with Crippen molar-refractivity contribution in [3.8, 4) is 0 Å². The normalized spacial score (nSPS) is 15.0. The van der Waals surface area contributed by atoms with E-state index in [4.69, 9.17) is 37.3 Å². The topological polar surface area (TPSA) is 144 Å². The molecule has 188 valence electrons. The molecule has 0 fully saturated rings. The molecule has 0 spiro atoms. The van der Waals surface area contributed by atoms with Gasteiger partial charge in [0.15, 0.2) is 23.8 Å². The SMILES string of the molecule is CO[C@](N)(COC(=O)c1cccc(Cl)c1)[C@@H](OC(=O)C(C)C)[C@@H](F)c1ccc2c(N)nc(F)nn12. The number of halogens is 3. The smallest absolute Gasteiger partial charge is 0.338 e. The average molecular weight is 512 g/mol. The van der Waals surface area contributed by atoms with E-state index in [0.717, 1.165) is 11.6 Å². The number of methoxy groups -OCH3 is 1. The number of rotatable bonds is 9. The van der Waals surface area contributed by atoms with Gasteiger partial charge in [-0.3, -0.25) is 10.5 Å². The number of alkyl halides is 1. The molecule has 0 saturated heterocycles. The van der Waals surface area contributed by atoms with E-state index < -0.39 is 48.5 Å². The summed E-state index contributed by atoms with van der Waals surface area (Å²) in [6.45, 7) is 2.36. The van der Waals surface area contributed by atoms with Gasteiger partial charge in [0.1, 0.15) is 12.1 Å². The highest BCUT2D eigenvalue weighted by Gasteiger charge is 2.47. The Bertz CT molecular complexity index is 1240. The van der Waals surface area contributed by atoms with Crippen LogP contribution in [0.5, 0.6) is 0 Å². The lowest BCUT2D eigenvalue weighted by molar-refractivity contribution is -0.191. The molecule has 0 amide bonds. The monoisotopic (exact) mass is 511 g/mol. The molecule has 13 heteroatoms. The molecule has 3 aromatic rings. The number of esters is 2. The summed E-state index contributed by atoms with van der Waals surface area (Å²) in [5, 5.41) is 3.84. The van der Waals surface area contributed by atoms with E-state index in [-0.39, 0.29) is 22.6 Å². The molecule has 10 nitrogen and oxygen atoms in total. The van der Waals surface area contributed by atoms with Crippen LogP contribution in [0.1, 0.15) is 36.1 Å². The first-order valence-electron chi connectivity index (χ1n) is 10.4. The number of fused-ring (bicyclic) bond motifs is 1. The van der Waals surface area contributed by atoms with Crippen molar-refractivity contribution in [3.05, 3.63) is 58.8 Å². The van der Waals surface area contributed by atoms with Crippen LogP contribution >= 0.6 is 11.6 Å². The van der Waals surface area contributed by atoms with E-state index in [1.54, 1.807) is 12.1 Å². The standard InChI is InChI=1S/C22H24ClF2N5O5/c1-11(2)19(31)35-17(16(24)14-7-8-15-18(26)28-21(25)29-30(14)15)22(27,33-3)10-34-20(32)12-5-4-6-13(23)9-12/h4-9,11,16-17H,10,27H2,1-3H3,(H2,26,28,29)/t16-,17-,22+/m0/s1. The Kier molecular flexibility index (Phi) is 7.88. The maximum atomic E-state index is 16.0. The molecular weight excluding hydrogens is 488 g/mol. The van der Waals surface area contributed by atoms with Crippen molar-refractivity contribution in [2.75, 3.05) is 19.5 Å². The molecule has 0 aliphatic rings. The largest absolute Gasteiger partial charge is 0.457 e. The van der Waals surface area contributed by atoms with Gasteiger partial charge >= 0.3 is 18.0 Å². The van der Waals surface area contributed by atoms with Crippen molar-refractivity contribution in [2.24, 2.45) is 11.7 Å². The zero-order chi connectivity index (χ0) is 25.9. The number of hydrogen-bond donors (Lipinski definition) is 2. The lowest BCUT2D eigenvalue weighted by Crippen LogP contribution is -2.59. The quantitative estimate of drug-likeness (QED) is 0.327. The molecule has 0 saturated carbocycles. The summed E-state index contributed by atoms with van der Waals surface area (Å²) in [4.78, 5) is 28.3. The third kappa shape index (κ3) is 5.66. The fraction of sp³-hybridized carbons (Fsp3) is 0.364. The summed E-state index contributed by atoms with van der Waals surface area (Å²) < 4.78 is 46.5. The van der Waals surface area contributed by atoms with Crippen LogP contribution in [0.4, 0.5) is 14.6 Å². The minimum Gasteiger partial charge on any atom is -0.457 e. The number of nitrogen functional groups attached to an aromatic ring is 1. The van der Waals surface area contributed by atoms with E-state index in [0.29, 0.717) is 5.02 Å². The zero-order valence-corrected chi connectivity index (χ0v) is 19.8. The van der Waals surface area contributed by atoms with Crippen molar-refractivity contribution in [3.63, 3.8) is 0 Å². The second-order valence-corrected chi connectivity index (χ2v) is 8.42. The average Bonchev–Trinajstić information content (AvgIpc) is 3.24. The van der Waals surface area contributed by atoms with Crippen molar-refractivity contribution in [2.45, 2.75) is 31.8 Å². The van der Waals surface area contributed by atoms with E-state index in [1.807, 2.05) is 0 Å². The van der Waals surface area contributed by atoms with Gasteiger partial charge < -0.3 is 19.9 Å². The van der Waals surface area contributed by atoms with Gasteiger partial charge in [-0.2, -0.15) is 9.37 Å². The highest BCUT2D eigenvalue weighted by atomic mass is 35.5. The molecule has 0 aliphatic heterocycles. The predicted octanol–water partition coefficient (Wildman–Crippen LogP) is 2.84. The van der Waals surface area contributed by atoms with Crippen LogP contribution in [-0.4, -0.2) is 52.1 Å². The molecule has 0 radical (unpaired) electrons. The Balaban J connectivity index is 1.96. The highest BCUT2D eigenvalue weighted by molar-refractivity contribution is 6.30. The third-order valence-electron chi connectivity index (χ3n) is 5.16. The minimum absolute atomic E-state index is 0.115. The molecule has 35 heavy (non-hydrogen) atoms. The van der Waals surface area contributed by atoms with E-state index in [2.05, 4.69) is 10.1 Å². The first kappa shape index (κ1) is 26.3. The zero-order valence-electron chi connectivity index (χ0n) is 19.1. The van der Waals surface area contributed by atoms with Gasteiger partial charge in [0.05, 0.1) is 17.2 Å². The van der Waals surface area contributed by atoms with Gasteiger partial charge in [-0.25, -0.2) is 13.7 Å². The number of anilines is 1. The molecular formula is C22H24ClF2N5O5. The molecule has 1 aromatic carbocycles. The highest BCUT2D eigenvalue weighted by Crippen LogP contribution is 2.33. The molecule has 3 rings (SSSR count). The van der Waals surface area contributed by atoms with Crippen LogP contribution < -0.4 is 11.5 Å². The van der Waals surface area contributed by atoms with Gasteiger partial charge in [0, 0.05) is 12.1 Å². The number of benzene rings is 1. The molecule has 0 bridgehead atoms. The van der Waals surface area contributed by atoms with Gasteiger partial charge in [0.25, 0.3) is 0 Å². The Morgan fingerprint density at radius 2 is 1.97 bits per heavy atom. The van der Waals surface area contributed by atoms with E-state index >= 15 is 4.39 Å². The summed E-state index contributed by atoms with van der Waals surface area (Å²) in [7, 11) is 1.13. The number of hydrogen-bond acceptors (Lipinski definition) is 9. The summed E-state index contributed by atoms with van der Waals surface area (Å²) in [5.74, 6) is -2.50. The maximum absolute atomic E-state index is 16.0. The molecule has 0 unspecified atom stereocenters. The number of ether oxygens (including phenoxy) is 3. The number of carbonyl (C=O) groups is 2. The van der Waals surface area contributed by atoms with Gasteiger partial charge in [0.2, 0.25) is 0 Å². The van der Waals surface area contributed by atoms with Crippen LogP contribution in [0.25, 0.3) is 5.52 Å². The lowest BCUT2D eigenvalue weighted by Gasteiger charge is -2.36. The van der Waals surface area contributed by atoms with Gasteiger partial charge in [-0.15, -0.1) is 5.10 Å². The Labute approximate surface area is 204 Å². The Hall–Kier alpha value is -3.35. The Morgan fingerprint density at radius 1 is 1.26 bits per heavy atom. The minimum atomic E-state index is -2.20. The molecule has 4 N–H and O–H groups in total. The fourth-order valence-electron chi connectivity index (χ4n) is 3.18. The van der Waals surface area contributed by atoms with E-state index in [9.17, 15) is 14.0 Å². The van der Waals surface area contributed by atoms with Crippen molar-refractivity contribution < 1.29 is 32.6 Å². The van der Waals surface area contributed by atoms with Gasteiger partial charge in [-0.05, 0) is 30.3 Å². The van der Waals surface area contributed by atoms with Crippen LogP contribution in [0.15, 0.2) is 36.4 Å². The van der Waals surface area contributed by atoms with Crippen LogP contribution in [0, 0.1) is 12.0 Å². The molecule has 2 aromatic heterocycles. The number of carbonyl (C=O) groups excluding carboxylic acids is 2. The summed E-state index contributed by atoms with van der Waals surface area (Å²) in [6, 6.07) is 8.56. The lowest BCUT2D eigenvalue weighted by atomic mass is 10.0. The molecule has 0 aliphatic carbocycles. The Morgan fingerprint density at radius 3 is 2.60 bits per heavy atom. The molecule has 2 heterocycles. The second kappa shape index (κ2) is 10.5. The van der Waals surface area contributed by atoms with Crippen LogP contribution in [0.2, 0.25) is 5.02 Å². The van der Waals surface area contributed by atoms with Crippen molar-refractivity contribution in [1.82, 2.24) is 14.6 Å². The number of nitrogens with zero attached hydrogens (tertiary/aromatic N) is 3. The van der Waals surface area contributed by atoms with Crippen LogP contribution in [0.3, 0.4) is 0 Å². The van der Waals surface area contributed by atoms with Crippen molar-refractivity contribution in [1.29, 1.82) is 0 Å². The van der Waals surface area contributed by atoms with E-state index in [1.165, 1.54) is 38.1 Å². The third-order valence-corrected chi connectivity index (χ3v) is 5.39. The number of aromatic nitrogens is 3. The maximum Gasteiger partial charge on any atom is 0.338 e. The second-order valence-electron chi connectivity index (χ2n) is 7.98. The van der Waals surface area contributed by atoms with Gasteiger partial charge in [-0.1, -0.05) is 31.5 Å². The first-order valence-corrected chi connectivity index (χ1v) is 10.8. The number of nitrogens with two attached hydrogens (primary N) is 2. The first-order chi connectivity index (χ1) is 16.5. The predicted molar refractivity (Wildman–Crippen MR) is 122 cm³/mol. The summed E-state index contributed by atoms with van der Waals surface area (Å²) in [6.07, 6.45) is -5.24.